The predicted octanol–water partition coefficient (Wildman–Crippen LogP) is 0.850. The monoisotopic (exact) mass is 235 g/mol. The van der Waals surface area contributed by atoms with Crippen molar-refractivity contribution < 1.29 is 19.3 Å². The Hall–Kier alpha value is -0.200. The van der Waals surface area contributed by atoms with Gasteiger partial charge in [0.25, 0.3) is 0 Å². The van der Waals surface area contributed by atoms with Gasteiger partial charge in [-0.2, -0.15) is 0 Å². The highest BCUT2D eigenvalue weighted by molar-refractivity contribution is 4.70. The Bertz CT molecular complexity index is 149. The molecule has 0 radical (unpaired) electrons. The first-order valence-electron chi connectivity index (χ1n) is 5.96. The molecule has 0 rings (SSSR count). The third kappa shape index (κ3) is 4.76. The van der Waals surface area contributed by atoms with Crippen molar-refractivity contribution in [2.24, 2.45) is 5.73 Å². The second-order valence-corrected chi connectivity index (χ2v) is 3.35. The summed E-state index contributed by atoms with van der Waals surface area (Å²) < 4.78 is 16.3. The van der Waals surface area contributed by atoms with Gasteiger partial charge >= 0.3 is 5.97 Å². The van der Waals surface area contributed by atoms with E-state index in [-0.39, 0.29) is 0 Å². The SMILES string of the molecule is CCOC(OCC)(OCC)C(O)CCCN. The molecule has 0 aromatic carbocycles. The standard InChI is InChI=1S/C11H25NO4/c1-4-14-11(15-5-2,16-6-3)10(13)8-7-9-12/h10,13H,4-9,12H2,1-3H3. The van der Waals surface area contributed by atoms with E-state index in [0.29, 0.717) is 39.2 Å². The van der Waals surface area contributed by atoms with E-state index >= 15 is 0 Å². The molecule has 0 saturated heterocycles. The number of hydrogen-bond acceptors (Lipinski definition) is 5. The van der Waals surface area contributed by atoms with Crippen molar-refractivity contribution in [3.05, 3.63) is 0 Å². The summed E-state index contributed by atoms with van der Waals surface area (Å²) in [6, 6.07) is 0. The first-order chi connectivity index (χ1) is 7.66. The molecule has 0 aliphatic rings. The lowest BCUT2D eigenvalue weighted by Gasteiger charge is -2.36. The van der Waals surface area contributed by atoms with Crippen LogP contribution in [-0.2, 0) is 14.2 Å². The van der Waals surface area contributed by atoms with Crippen molar-refractivity contribution in [2.75, 3.05) is 26.4 Å². The first-order valence-corrected chi connectivity index (χ1v) is 5.96. The average Bonchev–Trinajstić information content (AvgIpc) is 2.26. The first kappa shape index (κ1) is 15.8. The second-order valence-electron chi connectivity index (χ2n) is 3.35. The molecule has 0 fully saturated rings. The average molecular weight is 235 g/mol. The van der Waals surface area contributed by atoms with Crippen LogP contribution >= 0.6 is 0 Å². The van der Waals surface area contributed by atoms with Gasteiger partial charge in [-0.3, -0.25) is 0 Å². The van der Waals surface area contributed by atoms with Crippen LogP contribution in [0, 0.1) is 0 Å². The van der Waals surface area contributed by atoms with E-state index in [1.54, 1.807) is 0 Å². The zero-order valence-electron chi connectivity index (χ0n) is 10.6. The van der Waals surface area contributed by atoms with Crippen molar-refractivity contribution in [1.29, 1.82) is 0 Å². The highest BCUT2D eigenvalue weighted by Gasteiger charge is 2.40. The summed E-state index contributed by atoms with van der Waals surface area (Å²) in [5.74, 6) is -1.34. The third-order valence-corrected chi connectivity index (χ3v) is 2.13. The maximum absolute atomic E-state index is 10.1. The van der Waals surface area contributed by atoms with Crippen molar-refractivity contribution in [3.63, 3.8) is 0 Å². The molecule has 0 amide bonds. The lowest BCUT2D eigenvalue weighted by molar-refractivity contribution is -0.410. The molecule has 0 aliphatic heterocycles. The van der Waals surface area contributed by atoms with Crippen molar-refractivity contribution in [2.45, 2.75) is 45.7 Å². The molecule has 3 N–H and O–H groups in total. The summed E-state index contributed by atoms with van der Waals surface area (Å²) in [5.41, 5.74) is 5.41. The van der Waals surface area contributed by atoms with Gasteiger partial charge in [0.05, 0.1) is 0 Å². The van der Waals surface area contributed by atoms with Crippen LogP contribution < -0.4 is 5.73 Å². The van der Waals surface area contributed by atoms with E-state index in [2.05, 4.69) is 0 Å². The number of nitrogens with two attached hydrogens (primary N) is 1. The van der Waals surface area contributed by atoms with Gasteiger partial charge in [0.15, 0.2) is 0 Å². The van der Waals surface area contributed by atoms with E-state index in [4.69, 9.17) is 19.9 Å². The van der Waals surface area contributed by atoms with Crippen molar-refractivity contribution in [3.8, 4) is 0 Å². The van der Waals surface area contributed by atoms with Crippen LogP contribution in [0.2, 0.25) is 0 Å². The van der Waals surface area contributed by atoms with Crippen LogP contribution in [0.3, 0.4) is 0 Å². The van der Waals surface area contributed by atoms with Gasteiger partial charge in [-0.25, -0.2) is 0 Å². The van der Waals surface area contributed by atoms with Gasteiger partial charge in [0, 0.05) is 19.8 Å². The molecule has 5 nitrogen and oxygen atoms in total. The number of rotatable bonds is 10. The van der Waals surface area contributed by atoms with Crippen molar-refractivity contribution in [1.82, 2.24) is 0 Å². The third-order valence-electron chi connectivity index (χ3n) is 2.13. The Kier molecular flexibility index (Phi) is 8.78. The minimum Gasteiger partial charge on any atom is -0.385 e. The molecule has 1 atom stereocenters. The van der Waals surface area contributed by atoms with Crippen LogP contribution in [0.25, 0.3) is 0 Å². The Balaban J connectivity index is 4.54. The van der Waals surface area contributed by atoms with Gasteiger partial charge in [-0.1, -0.05) is 0 Å². The molecule has 0 aromatic rings. The topological polar surface area (TPSA) is 73.9 Å². The van der Waals surface area contributed by atoms with Crippen molar-refractivity contribution >= 4 is 0 Å². The fourth-order valence-electron chi connectivity index (χ4n) is 1.51. The zero-order valence-corrected chi connectivity index (χ0v) is 10.6. The maximum Gasteiger partial charge on any atom is 0.310 e. The summed E-state index contributed by atoms with van der Waals surface area (Å²) in [4.78, 5) is 0. The molecule has 0 bridgehead atoms. The molecular weight excluding hydrogens is 210 g/mol. The van der Waals surface area contributed by atoms with Gasteiger partial charge in [-0.15, -0.1) is 0 Å². The van der Waals surface area contributed by atoms with Gasteiger partial charge < -0.3 is 25.1 Å². The highest BCUT2D eigenvalue weighted by atomic mass is 16.9. The fourth-order valence-corrected chi connectivity index (χ4v) is 1.51. The van der Waals surface area contributed by atoms with E-state index in [1.165, 1.54) is 0 Å². The Morgan fingerprint density at radius 3 is 1.81 bits per heavy atom. The zero-order chi connectivity index (χ0) is 12.4. The number of hydrogen-bond donors (Lipinski definition) is 2. The van der Waals surface area contributed by atoms with Crippen LogP contribution in [0.15, 0.2) is 0 Å². The summed E-state index contributed by atoms with van der Waals surface area (Å²) in [5, 5.41) is 10.1. The van der Waals surface area contributed by atoms with Crippen LogP contribution in [0.5, 0.6) is 0 Å². The van der Waals surface area contributed by atoms with E-state index in [9.17, 15) is 5.11 Å². The van der Waals surface area contributed by atoms with E-state index in [0.717, 1.165) is 0 Å². The number of ether oxygens (including phenoxy) is 3. The number of aliphatic hydroxyl groups excluding tert-OH is 1. The Labute approximate surface area is 97.9 Å². The van der Waals surface area contributed by atoms with Crippen LogP contribution in [0.1, 0.15) is 33.6 Å². The largest absolute Gasteiger partial charge is 0.385 e. The van der Waals surface area contributed by atoms with Crippen LogP contribution in [-0.4, -0.2) is 43.5 Å². The van der Waals surface area contributed by atoms with Crippen LogP contribution in [0.4, 0.5) is 0 Å². The smallest absolute Gasteiger partial charge is 0.310 e. The van der Waals surface area contributed by atoms with Gasteiger partial charge in [0.1, 0.15) is 6.10 Å². The van der Waals surface area contributed by atoms with Gasteiger partial charge in [-0.05, 0) is 40.2 Å². The Morgan fingerprint density at radius 1 is 1.06 bits per heavy atom. The molecule has 0 saturated carbocycles. The molecule has 0 aromatic heterocycles. The molecule has 0 aliphatic carbocycles. The second kappa shape index (κ2) is 8.90. The maximum atomic E-state index is 10.1. The molecule has 0 spiro atoms. The summed E-state index contributed by atoms with van der Waals surface area (Å²) in [7, 11) is 0. The minimum atomic E-state index is -1.34. The number of aliphatic hydroxyl groups is 1. The molecular formula is C11H25NO4. The molecule has 5 heteroatoms. The lowest BCUT2D eigenvalue weighted by atomic mass is 10.1. The minimum absolute atomic E-state index is 0.416. The summed E-state index contributed by atoms with van der Waals surface area (Å²) in [6.45, 7) is 7.28. The highest BCUT2D eigenvalue weighted by Crippen LogP contribution is 2.23. The van der Waals surface area contributed by atoms with E-state index < -0.39 is 12.1 Å². The summed E-state index contributed by atoms with van der Waals surface area (Å²) >= 11 is 0. The molecule has 16 heavy (non-hydrogen) atoms. The predicted molar refractivity (Wildman–Crippen MR) is 61.9 cm³/mol. The Morgan fingerprint density at radius 2 is 1.50 bits per heavy atom. The molecule has 0 heterocycles. The quantitative estimate of drug-likeness (QED) is 0.549. The lowest BCUT2D eigenvalue weighted by Crippen LogP contribution is -2.50. The van der Waals surface area contributed by atoms with E-state index in [1.807, 2.05) is 20.8 Å². The normalized spacial score (nSPS) is 14.1. The molecule has 1 unspecified atom stereocenters. The molecule has 98 valence electrons. The van der Waals surface area contributed by atoms with Gasteiger partial charge in [0.2, 0.25) is 0 Å². The summed E-state index contributed by atoms with van der Waals surface area (Å²) in [6.07, 6.45) is 0.378. The fraction of sp³-hybridized carbons (Fsp3) is 1.00.